The maximum Gasteiger partial charge on any atom is 0.228 e. The van der Waals surface area contributed by atoms with Gasteiger partial charge in [-0.3, -0.25) is 14.4 Å². The van der Waals surface area contributed by atoms with Gasteiger partial charge in [-0.2, -0.15) is 0 Å². The van der Waals surface area contributed by atoms with E-state index < -0.39 is 0 Å². The summed E-state index contributed by atoms with van der Waals surface area (Å²) in [5.74, 6) is -0.622. The molecule has 1 fully saturated rings. The SMILES string of the molecule is CC(=O)c1cccc(NC(=O)C2CC2C(=O)Nc2ccccc2OC(C)C)c1. The molecule has 2 aromatic rings. The molecule has 0 saturated heterocycles. The summed E-state index contributed by atoms with van der Waals surface area (Å²) in [6.45, 7) is 5.31. The molecule has 0 radical (unpaired) electrons. The predicted molar refractivity (Wildman–Crippen MR) is 108 cm³/mol. The molecule has 1 aliphatic rings. The zero-order valence-electron chi connectivity index (χ0n) is 16.2. The molecule has 0 heterocycles. The first-order chi connectivity index (χ1) is 13.3. The summed E-state index contributed by atoms with van der Waals surface area (Å²) in [4.78, 5) is 36.4. The second-order valence-electron chi connectivity index (χ2n) is 7.23. The Morgan fingerprint density at radius 2 is 1.64 bits per heavy atom. The number of amides is 2. The Balaban J connectivity index is 1.59. The standard InChI is InChI=1S/C22H24N2O4/c1-13(2)28-20-10-5-4-9-19(20)24-22(27)18-12-17(18)21(26)23-16-8-6-7-15(11-16)14(3)25/h4-11,13,17-18H,12H2,1-3H3,(H,23,26)(H,24,27). The minimum absolute atomic E-state index is 0.0109. The fourth-order valence-corrected chi connectivity index (χ4v) is 2.98. The van der Waals surface area contributed by atoms with E-state index in [9.17, 15) is 14.4 Å². The molecule has 2 atom stereocenters. The van der Waals surface area contributed by atoms with E-state index in [-0.39, 0.29) is 35.5 Å². The molecule has 0 aromatic heterocycles. The Morgan fingerprint density at radius 1 is 0.964 bits per heavy atom. The summed E-state index contributed by atoms with van der Waals surface area (Å²) in [7, 11) is 0. The minimum atomic E-state index is -0.376. The van der Waals surface area contributed by atoms with Crippen LogP contribution in [-0.2, 0) is 9.59 Å². The summed E-state index contributed by atoms with van der Waals surface area (Å²) in [6, 6.07) is 14.0. The first-order valence-corrected chi connectivity index (χ1v) is 9.33. The first-order valence-electron chi connectivity index (χ1n) is 9.33. The maximum atomic E-state index is 12.5. The van der Waals surface area contributed by atoms with Crippen molar-refractivity contribution in [2.45, 2.75) is 33.3 Å². The number of benzene rings is 2. The van der Waals surface area contributed by atoms with Crippen LogP contribution in [0.2, 0.25) is 0 Å². The Morgan fingerprint density at radius 3 is 2.32 bits per heavy atom. The van der Waals surface area contributed by atoms with Gasteiger partial charge in [0.25, 0.3) is 0 Å². The summed E-state index contributed by atoms with van der Waals surface area (Å²) >= 11 is 0. The Bertz CT molecular complexity index is 907. The van der Waals surface area contributed by atoms with Crippen LogP contribution in [0.5, 0.6) is 5.75 Å². The third-order valence-electron chi connectivity index (χ3n) is 4.51. The van der Waals surface area contributed by atoms with Crippen LogP contribution in [0, 0.1) is 11.8 Å². The average Bonchev–Trinajstić information content (AvgIpc) is 3.44. The summed E-state index contributed by atoms with van der Waals surface area (Å²) in [5.41, 5.74) is 1.69. The van der Waals surface area contributed by atoms with Crippen LogP contribution in [-0.4, -0.2) is 23.7 Å². The summed E-state index contributed by atoms with van der Waals surface area (Å²) < 4.78 is 5.71. The minimum Gasteiger partial charge on any atom is -0.489 e. The Hall–Kier alpha value is -3.15. The van der Waals surface area contributed by atoms with Gasteiger partial charge in [0.1, 0.15) is 5.75 Å². The molecule has 28 heavy (non-hydrogen) atoms. The third kappa shape index (κ3) is 4.76. The number of anilines is 2. The van der Waals surface area contributed by atoms with E-state index in [1.807, 2.05) is 26.0 Å². The molecule has 2 unspecified atom stereocenters. The van der Waals surface area contributed by atoms with Crippen LogP contribution >= 0.6 is 0 Å². The van der Waals surface area contributed by atoms with Crippen molar-refractivity contribution in [3.8, 4) is 5.75 Å². The topological polar surface area (TPSA) is 84.5 Å². The van der Waals surface area contributed by atoms with E-state index in [0.717, 1.165) is 0 Å². The number of carbonyl (C=O) groups is 3. The number of hydrogen-bond donors (Lipinski definition) is 2. The van der Waals surface area contributed by atoms with E-state index in [1.165, 1.54) is 6.92 Å². The number of rotatable bonds is 7. The number of para-hydroxylation sites is 2. The lowest BCUT2D eigenvalue weighted by atomic mass is 10.1. The summed E-state index contributed by atoms with van der Waals surface area (Å²) in [5, 5.41) is 5.65. The molecule has 6 nitrogen and oxygen atoms in total. The van der Waals surface area contributed by atoms with Crippen LogP contribution in [0.1, 0.15) is 37.6 Å². The van der Waals surface area contributed by atoms with Crippen LogP contribution < -0.4 is 15.4 Å². The molecular weight excluding hydrogens is 356 g/mol. The van der Waals surface area contributed by atoms with Crippen molar-refractivity contribution >= 4 is 29.0 Å². The highest BCUT2D eigenvalue weighted by molar-refractivity contribution is 6.04. The van der Waals surface area contributed by atoms with Gasteiger partial charge in [-0.1, -0.05) is 24.3 Å². The number of ketones is 1. The molecule has 3 rings (SSSR count). The molecule has 2 N–H and O–H groups in total. The normalized spacial score (nSPS) is 17.7. The number of hydrogen-bond acceptors (Lipinski definition) is 4. The lowest BCUT2D eigenvalue weighted by Gasteiger charge is -2.14. The summed E-state index contributed by atoms with van der Waals surface area (Å²) in [6.07, 6.45) is 0.486. The van der Waals surface area contributed by atoms with Crippen molar-refractivity contribution in [3.63, 3.8) is 0 Å². The third-order valence-corrected chi connectivity index (χ3v) is 4.51. The molecule has 2 amide bonds. The second kappa shape index (κ2) is 8.25. The quantitative estimate of drug-likeness (QED) is 0.714. The van der Waals surface area contributed by atoms with Crippen molar-refractivity contribution in [3.05, 3.63) is 54.1 Å². The number of ether oxygens (including phenoxy) is 1. The highest BCUT2D eigenvalue weighted by Gasteiger charge is 2.48. The van der Waals surface area contributed by atoms with Crippen molar-refractivity contribution in [1.29, 1.82) is 0 Å². The molecule has 0 spiro atoms. The molecule has 1 aliphatic carbocycles. The van der Waals surface area contributed by atoms with E-state index in [1.54, 1.807) is 36.4 Å². The van der Waals surface area contributed by atoms with Gasteiger partial charge in [-0.15, -0.1) is 0 Å². The van der Waals surface area contributed by atoms with Gasteiger partial charge in [0, 0.05) is 11.3 Å². The van der Waals surface area contributed by atoms with Gasteiger partial charge < -0.3 is 15.4 Å². The average molecular weight is 380 g/mol. The lowest BCUT2D eigenvalue weighted by molar-refractivity contribution is -0.122. The molecule has 0 aliphatic heterocycles. The van der Waals surface area contributed by atoms with Gasteiger partial charge in [-0.05, 0) is 51.5 Å². The monoisotopic (exact) mass is 380 g/mol. The molecule has 6 heteroatoms. The van der Waals surface area contributed by atoms with Gasteiger partial charge >= 0.3 is 0 Å². The van der Waals surface area contributed by atoms with E-state index in [4.69, 9.17) is 4.74 Å². The number of nitrogens with one attached hydrogen (secondary N) is 2. The second-order valence-corrected chi connectivity index (χ2v) is 7.23. The predicted octanol–water partition coefficient (Wildman–Crippen LogP) is 3.89. The smallest absolute Gasteiger partial charge is 0.228 e. The molecule has 1 saturated carbocycles. The number of carbonyl (C=O) groups excluding carboxylic acids is 3. The number of Topliss-reactive ketones (excluding diaryl/α,β-unsaturated/α-hetero) is 1. The van der Waals surface area contributed by atoms with Crippen LogP contribution in [0.3, 0.4) is 0 Å². The van der Waals surface area contributed by atoms with E-state index in [0.29, 0.717) is 29.1 Å². The maximum absolute atomic E-state index is 12.5. The van der Waals surface area contributed by atoms with Crippen molar-refractivity contribution in [2.75, 3.05) is 10.6 Å². The van der Waals surface area contributed by atoms with Gasteiger partial charge in [0.15, 0.2) is 5.78 Å². The zero-order chi connectivity index (χ0) is 20.3. The Kier molecular flexibility index (Phi) is 5.78. The highest BCUT2D eigenvalue weighted by atomic mass is 16.5. The van der Waals surface area contributed by atoms with Gasteiger partial charge in [0.2, 0.25) is 11.8 Å². The molecule has 146 valence electrons. The van der Waals surface area contributed by atoms with Crippen molar-refractivity contribution in [2.24, 2.45) is 11.8 Å². The molecule has 2 aromatic carbocycles. The Labute approximate surface area is 164 Å². The van der Waals surface area contributed by atoms with Crippen LogP contribution in [0.25, 0.3) is 0 Å². The first kappa shape index (κ1) is 19.6. The fraction of sp³-hybridized carbons (Fsp3) is 0.318. The fourth-order valence-electron chi connectivity index (χ4n) is 2.98. The van der Waals surface area contributed by atoms with Crippen molar-refractivity contribution in [1.82, 2.24) is 0 Å². The molecular formula is C22H24N2O4. The van der Waals surface area contributed by atoms with E-state index in [2.05, 4.69) is 10.6 Å². The molecule has 0 bridgehead atoms. The largest absolute Gasteiger partial charge is 0.489 e. The van der Waals surface area contributed by atoms with Gasteiger partial charge in [-0.25, -0.2) is 0 Å². The van der Waals surface area contributed by atoms with Crippen LogP contribution in [0.15, 0.2) is 48.5 Å². The van der Waals surface area contributed by atoms with Gasteiger partial charge in [0.05, 0.1) is 23.6 Å². The zero-order valence-corrected chi connectivity index (χ0v) is 16.2. The lowest BCUT2D eigenvalue weighted by Crippen LogP contribution is -2.21. The van der Waals surface area contributed by atoms with Crippen LogP contribution in [0.4, 0.5) is 11.4 Å². The highest BCUT2D eigenvalue weighted by Crippen LogP contribution is 2.41. The van der Waals surface area contributed by atoms with E-state index >= 15 is 0 Å². The van der Waals surface area contributed by atoms with Crippen molar-refractivity contribution < 1.29 is 19.1 Å².